The molecule has 0 radical (unpaired) electrons. The molecule has 0 aromatic heterocycles. The van der Waals surface area contributed by atoms with Gasteiger partial charge in [-0.25, -0.2) is 8.42 Å². The third-order valence-electron chi connectivity index (χ3n) is 4.52. The highest BCUT2D eigenvalue weighted by atomic mass is 35.5. The maximum absolute atomic E-state index is 12.7. The molecule has 1 aromatic carbocycles. The maximum Gasteiger partial charge on any atom is 0.243 e. The van der Waals surface area contributed by atoms with Gasteiger partial charge in [0.05, 0.1) is 4.90 Å². The van der Waals surface area contributed by atoms with E-state index in [-0.39, 0.29) is 12.4 Å². The predicted molar refractivity (Wildman–Crippen MR) is 86.4 cm³/mol. The molecule has 0 amide bonds. The van der Waals surface area contributed by atoms with E-state index >= 15 is 0 Å². The smallest absolute Gasteiger partial charge is 0.243 e. The van der Waals surface area contributed by atoms with Gasteiger partial charge in [-0.3, -0.25) is 0 Å². The summed E-state index contributed by atoms with van der Waals surface area (Å²) in [5, 5.41) is 3.34. The lowest BCUT2D eigenvalue weighted by molar-refractivity contribution is 0.448. The molecule has 0 spiro atoms. The van der Waals surface area contributed by atoms with Gasteiger partial charge in [-0.05, 0) is 48.5 Å². The summed E-state index contributed by atoms with van der Waals surface area (Å²) in [6.45, 7) is 7.37. The molecular weight excluding hydrogens is 308 g/mol. The second-order valence-electron chi connectivity index (χ2n) is 6.23. The van der Waals surface area contributed by atoms with Gasteiger partial charge < -0.3 is 5.32 Å². The first-order valence-corrected chi connectivity index (χ1v) is 8.73. The van der Waals surface area contributed by atoms with Crippen molar-refractivity contribution in [1.82, 2.24) is 9.62 Å². The Morgan fingerprint density at radius 3 is 2.38 bits per heavy atom. The summed E-state index contributed by atoms with van der Waals surface area (Å²) >= 11 is 0. The van der Waals surface area contributed by atoms with Gasteiger partial charge in [0.1, 0.15) is 0 Å². The van der Waals surface area contributed by atoms with Crippen LogP contribution in [0.15, 0.2) is 29.2 Å². The summed E-state index contributed by atoms with van der Waals surface area (Å²) < 4.78 is 27.2. The van der Waals surface area contributed by atoms with Gasteiger partial charge in [-0.1, -0.05) is 26.0 Å². The highest BCUT2D eigenvalue weighted by molar-refractivity contribution is 7.89. The van der Waals surface area contributed by atoms with E-state index in [0.29, 0.717) is 35.7 Å². The zero-order valence-electron chi connectivity index (χ0n) is 12.5. The average Bonchev–Trinajstić information content (AvgIpc) is 2.99. The van der Waals surface area contributed by atoms with Crippen molar-refractivity contribution in [3.05, 3.63) is 29.8 Å². The standard InChI is InChI=1S/C15H22N2O2S.ClH/c1-11(2)12-4-3-5-15(6-12)20(18,19)17-9-13-7-16-8-14(13)10-17;/h3-6,11,13-14,16H,7-10H2,1-2H3;1H/t13-,14+;. The number of benzene rings is 1. The molecule has 1 aromatic rings. The summed E-state index contributed by atoms with van der Waals surface area (Å²) in [5.41, 5.74) is 1.08. The minimum atomic E-state index is -3.33. The van der Waals surface area contributed by atoms with Crippen LogP contribution in [0.2, 0.25) is 0 Å². The Morgan fingerprint density at radius 2 is 1.81 bits per heavy atom. The SMILES string of the molecule is CC(C)c1cccc(S(=O)(=O)N2C[C@H]3CNC[C@H]3C2)c1.Cl. The second-order valence-corrected chi connectivity index (χ2v) is 8.17. The molecule has 118 valence electrons. The van der Waals surface area contributed by atoms with E-state index in [1.807, 2.05) is 18.2 Å². The van der Waals surface area contributed by atoms with Crippen LogP contribution in [0.25, 0.3) is 0 Å². The minimum Gasteiger partial charge on any atom is -0.316 e. The summed E-state index contributed by atoms with van der Waals surface area (Å²) in [6.07, 6.45) is 0. The quantitative estimate of drug-likeness (QED) is 0.923. The number of rotatable bonds is 3. The van der Waals surface area contributed by atoms with Gasteiger partial charge in [0.15, 0.2) is 0 Å². The maximum atomic E-state index is 12.7. The number of halogens is 1. The van der Waals surface area contributed by atoms with Crippen LogP contribution < -0.4 is 5.32 Å². The minimum absolute atomic E-state index is 0. The first-order chi connectivity index (χ1) is 9.48. The van der Waals surface area contributed by atoms with Gasteiger partial charge in [0.2, 0.25) is 10.0 Å². The average molecular weight is 331 g/mol. The number of sulfonamides is 1. The van der Waals surface area contributed by atoms with Crippen LogP contribution in [0.5, 0.6) is 0 Å². The van der Waals surface area contributed by atoms with Crippen LogP contribution >= 0.6 is 12.4 Å². The largest absolute Gasteiger partial charge is 0.316 e. The van der Waals surface area contributed by atoms with Crippen molar-refractivity contribution in [1.29, 1.82) is 0 Å². The monoisotopic (exact) mass is 330 g/mol. The topological polar surface area (TPSA) is 49.4 Å². The molecule has 2 heterocycles. The van der Waals surface area contributed by atoms with Crippen molar-refractivity contribution in [2.75, 3.05) is 26.2 Å². The normalized spacial score (nSPS) is 25.9. The van der Waals surface area contributed by atoms with Gasteiger partial charge >= 0.3 is 0 Å². The van der Waals surface area contributed by atoms with Crippen molar-refractivity contribution in [3.8, 4) is 0 Å². The molecule has 2 aliphatic rings. The molecule has 2 fully saturated rings. The van der Waals surface area contributed by atoms with Gasteiger partial charge in [-0.15, -0.1) is 12.4 Å². The van der Waals surface area contributed by atoms with Gasteiger partial charge in [-0.2, -0.15) is 4.31 Å². The Bertz CT molecular complexity index is 591. The van der Waals surface area contributed by atoms with Crippen LogP contribution in [0.1, 0.15) is 25.3 Å². The molecule has 1 N–H and O–H groups in total. The fourth-order valence-corrected chi connectivity index (χ4v) is 4.80. The molecule has 2 atom stereocenters. The molecule has 0 bridgehead atoms. The van der Waals surface area contributed by atoms with Gasteiger partial charge in [0, 0.05) is 13.1 Å². The van der Waals surface area contributed by atoms with Crippen molar-refractivity contribution < 1.29 is 8.42 Å². The number of hydrogen-bond acceptors (Lipinski definition) is 3. The molecular formula is C15H23ClN2O2S. The highest BCUT2D eigenvalue weighted by Gasteiger charge is 2.41. The fourth-order valence-electron chi connectivity index (χ4n) is 3.19. The zero-order valence-corrected chi connectivity index (χ0v) is 14.1. The van der Waals surface area contributed by atoms with Gasteiger partial charge in [0.25, 0.3) is 0 Å². The summed E-state index contributed by atoms with van der Waals surface area (Å²) in [6, 6.07) is 7.38. The first kappa shape index (κ1) is 16.7. The molecule has 21 heavy (non-hydrogen) atoms. The van der Waals surface area contributed by atoms with E-state index in [9.17, 15) is 8.42 Å². The summed E-state index contributed by atoms with van der Waals surface area (Å²) in [5.74, 6) is 1.31. The molecule has 2 aliphatic heterocycles. The van der Waals surface area contributed by atoms with E-state index in [1.54, 1.807) is 10.4 Å². The van der Waals surface area contributed by atoms with E-state index in [2.05, 4.69) is 19.2 Å². The van der Waals surface area contributed by atoms with E-state index in [0.717, 1.165) is 18.7 Å². The lowest BCUT2D eigenvalue weighted by Gasteiger charge is -2.18. The number of nitrogens with zero attached hydrogens (tertiary/aromatic N) is 1. The van der Waals surface area contributed by atoms with Crippen LogP contribution in [0, 0.1) is 11.8 Å². The molecule has 0 saturated carbocycles. The predicted octanol–water partition coefficient (Wildman–Crippen LogP) is 2.07. The summed E-state index contributed by atoms with van der Waals surface area (Å²) in [4.78, 5) is 0.441. The third kappa shape index (κ3) is 3.11. The Labute approximate surface area is 133 Å². The van der Waals surface area contributed by atoms with Crippen molar-refractivity contribution in [3.63, 3.8) is 0 Å². The second kappa shape index (κ2) is 6.24. The van der Waals surface area contributed by atoms with Crippen LogP contribution in [-0.4, -0.2) is 38.9 Å². The zero-order chi connectivity index (χ0) is 14.3. The fraction of sp³-hybridized carbons (Fsp3) is 0.600. The van der Waals surface area contributed by atoms with Crippen molar-refractivity contribution in [2.24, 2.45) is 11.8 Å². The van der Waals surface area contributed by atoms with Crippen molar-refractivity contribution >= 4 is 22.4 Å². The Kier molecular flexibility index (Phi) is 4.98. The molecule has 2 saturated heterocycles. The van der Waals surface area contributed by atoms with Crippen LogP contribution in [-0.2, 0) is 10.0 Å². The molecule has 4 nitrogen and oxygen atoms in total. The van der Waals surface area contributed by atoms with Crippen molar-refractivity contribution in [2.45, 2.75) is 24.7 Å². The first-order valence-electron chi connectivity index (χ1n) is 7.29. The lowest BCUT2D eigenvalue weighted by Crippen LogP contribution is -2.32. The Morgan fingerprint density at radius 1 is 1.19 bits per heavy atom. The van der Waals surface area contributed by atoms with Crippen LogP contribution in [0.3, 0.4) is 0 Å². The van der Waals surface area contributed by atoms with E-state index in [4.69, 9.17) is 0 Å². The number of fused-ring (bicyclic) bond motifs is 1. The molecule has 6 heteroatoms. The number of hydrogen-bond donors (Lipinski definition) is 1. The molecule has 0 aliphatic carbocycles. The van der Waals surface area contributed by atoms with E-state index in [1.165, 1.54) is 0 Å². The Hall–Kier alpha value is -0.620. The molecule has 0 unspecified atom stereocenters. The third-order valence-corrected chi connectivity index (χ3v) is 6.35. The van der Waals surface area contributed by atoms with Crippen LogP contribution in [0.4, 0.5) is 0 Å². The molecule has 3 rings (SSSR count). The van der Waals surface area contributed by atoms with E-state index < -0.39 is 10.0 Å². The lowest BCUT2D eigenvalue weighted by atomic mass is 10.0. The highest BCUT2D eigenvalue weighted by Crippen LogP contribution is 2.31. The summed E-state index contributed by atoms with van der Waals surface area (Å²) in [7, 11) is -3.33. The number of nitrogens with one attached hydrogen (secondary N) is 1. The Balaban J connectivity index is 0.00000161.